The largest absolute Gasteiger partial charge is 0.480 e. The Morgan fingerprint density at radius 1 is 1.38 bits per heavy atom. The summed E-state index contributed by atoms with van der Waals surface area (Å²) in [6, 6.07) is 9.15. The Bertz CT molecular complexity index is 1110. The van der Waals surface area contributed by atoms with Gasteiger partial charge in [0.2, 0.25) is 11.8 Å². The third kappa shape index (κ3) is 2.74. The minimum atomic E-state index is -0.538. The van der Waals surface area contributed by atoms with E-state index < -0.39 is 5.54 Å². The van der Waals surface area contributed by atoms with Gasteiger partial charge in [-0.2, -0.15) is 10.2 Å². The number of H-pyrrole nitrogens is 1. The van der Waals surface area contributed by atoms with Crippen molar-refractivity contribution in [3.63, 3.8) is 0 Å². The second kappa shape index (κ2) is 6.00. The summed E-state index contributed by atoms with van der Waals surface area (Å²) < 4.78 is 5.12. The van der Waals surface area contributed by atoms with Crippen LogP contribution in [-0.2, 0) is 5.54 Å². The first-order valence-electron chi connectivity index (χ1n) is 7.97. The Balaban J connectivity index is 1.74. The molecule has 3 aromatic rings. The second-order valence-electron chi connectivity index (χ2n) is 6.18. The number of rotatable bonds is 4. The second-order valence-corrected chi connectivity index (χ2v) is 6.62. The summed E-state index contributed by atoms with van der Waals surface area (Å²) in [4.78, 5) is 23.9. The molecule has 8 heteroatoms. The Morgan fingerprint density at radius 2 is 2.19 bits per heavy atom. The molecule has 7 nitrogen and oxygen atoms in total. The molecule has 0 aliphatic heterocycles. The first kappa shape index (κ1) is 16.4. The molecule has 0 atom stereocenters. The molecule has 2 aromatic heterocycles. The molecule has 2 N–H and O–H groups in total. The molecule has 1 aliphatic rings. The highest BCUT2D eigenvalue weighted by Crippen LogP contribution is 2.47. The molecule has 0 radical (unpaired) electrons. The van der Waals surface area contributed by atoms with E-state index in [0.29, 0.717) is 16.5 Å². The van der Waals surface area contributed by atoms with Gasteiger partial charge in [0.05, 0.1) is 18.8 Å². The number of hydrogen-bond acceptors (Lipinski definition) is 6. The van der Waals surface area contributed by atoms with Crippen LogP contribution < -0.4 is 15.6 Å². The van der Waals surface area contributed by atoms with E-state index in [1.54, 1.807) is 12.1 Å². The van der Waals surface area contributed by atoms with Crippen molar-refractivity contribution in [1.82, 2.24) is 15.0 Å². The van der Waals surface area contributed by atoms with Gasteiger partial charge in [-0.15, -0.1) is 0 Å². The average Bonchev–Trinajstić information content (AvgIpc) is 3.41. The number of pyridine rings is 1. The molecule has 0 bridgehead atoms. The molecule has 0 spiro atoms. The minimum absolute atomic E-state index is 0.162. The van der Waals surface area contributed by atoms with Crippen molar-refractivity contribution < 1.29 is 4.74 Å². The zero-order valence-electron chi connectivity index (χ0n) is 13.8. The smallest absolute Gasteiger partial charge is 0.254 e. The number of halogens is 1. The summed E-state index contributed by atoms with van der Waals surface area (Å²) >= 11 is 6.06. The number of nitriles is 1. The first-order valence-corrected chi connectivity index (χ1v) is 8.35. The standard InChI is InChI=1S/C18H14ClN5O2/c1-26-16-11(8-20)9-21-17(23-16)24-18(4-5-18)13-7-10-6-12(19)2-3-14(10)22-15(13)25/h2-3,6-7,9H,4-5H2,1H3,(H,22,25)(H,21,23,24). The van der Waals surface area contributed by atoms with E-state index in [9.17, 15) is 4.79 Å². The van der Waals surface area contributed by atoms with E-state index in [2.05, 4.69) is 20.3 Å². The summed E-state index contributed by atoms with van der Waals surface area (Å²) in [5, 5.41) is 13.7. The van der Waals surface area contributed by atoms with Gasteiger partial charge in [0.1, 0.15) is 11.6 Å². The number of fused-ring (bicyclic) bond motifs is 1. The Labute approximate surface area is 153 Å². The Hall–Kier alpha value is -3.11. The molecule has 4 rings (SSSR count). The van der Waals surface area contributed by atoms with Crippen molar-refractivity contribution in [1.29, 1.82) is 5.26 Å². The van der Waals surface area contributed by atoms with Crippen molar-refractivity contribution in [3.8, 4) is 11.9 Å². The SMILES string of the molecule is COc1nc(NC2(c3cc4cc(Cl)ccc4[nH]c3=O)CC2)ncc1C#N. The van der Waals surface area contributed by atoms with Gasteiger partial charge in [0.15, 0.2) is 0 Å². The topological polar surface area (TPSA) is 104 Å². The lowest BCUT2D eigenvalue weighted by molar-refractivity contribution is 0.396. The zero-order valence-corrected chi connectivity index (χ0v) is 14.6. The van der Waals surface area contributed by atoms with Gasteiger partial charge in [-0.1, -0.05) is 11.6 Å². The number of nitrogens with zero attached hydrogens (tertiary/aromatic N) is 3. The van der Waals surface area contributed by atoms with Crippen LogP contribution in [-0.4, -0.2) is 22.1 Å². The van der Waals surface area contributed by atoms with Crippen molar-refractivity contribution in [2.45, 2.75) is 18.4 Å². The lowest BCUT2D eigenvalue weighted by Crippen LogP contribution is -2.28. The van der Waals surface area contributed by atoms with E-state index in [1.165, 1.54) is 13.3 Å². The molecule has 0 unspecified atom stereocenters. The van der Waals surface area contributed by atoms with Gasteiger partial charge < -0.3 is 15.0 Å². The lowest BCUT2D eigenvalue weighted by Gasteiger charge is -2.18. The summed E-state index contributed by atoms with van der Waals surface area (Å²) in [7, 11) is 1.44. The molecule has 1 saturated carbocycles. The maximum atomic E-state index is 12.6. The van der Waals surface area contributed by atoms with Crippen molar-refractivity contribution in [2.24, 2.45) is 0 Å². The first-order chi connectivity index (χ1) is 12.5. The maximum absolute atomic E-state index is 12.6. The predicted molar refractivity (Wildman–Crippen MR) is 97.4 cm³/mol. The van der Waals surface area contributed by atoms with Gasteiger partial charge in [0, 0.05) is 21.5 Å². The number of methoxy groups -OCH3 is 1. The van der Waals surface area contributed by atoms with Crippen LogP contribution in [0.4, 0.5) is 5.95 Å². The molecule has 130 valence electrons. The summed E-state index contributed by atoms with van der Waals surface area (Å²) in [5.41, 5.74) is 0.893. The molecular formula is C18H14ClN5O2. The van der Waals surface area contributed by atoms with Crippen molar-refractivity contribution >= 4 is 28.5 Å². The van der Waals surface area contributed by atoms with E-state index in [0.717, 1.165) is 23.7 Å². The third-order valence-corrected chi connectivity index (χ3v) is 4.73. The number of anilines is 1. The predicted octanol–water partition coefficient (Wildman–Crippen LogP) is 2.95. The lowest BCUT2D eigenvalue weighted by atomic mass is 10.0. The molecule has 1 fully saturated rings. The van der Waals surface area contributed by atoms with Gasteiger partial charge >= 0.3 is 0 Å². The zero-order chi connectivity index (χ0) is 18.3. The van der Waals surface area contributed by atoms with E-state index in [4.69, 9.17) is 21.6 Å². The van der Waals surface area contributed by atoms with Crippen LogP contribution in [0.5, 0.6) is 5.88 Å². The summed E-state index contributed by atoms with van der Waals surface area (Å²) in [6.45, 7) is 0. The molecule has 0 saturated heterocycles. The van der Waals surface area contributed by atoms with Crippen molar-refractivity contribution in [3.05, 3.63) is 57.0 Å². The highest BCUT2D eigenvalue weighted by atomic mass is 35.5. The Kier molecular flexibility index (Phi) is 3.78. The molecule has 0 amide bonds. The molecule has 1 aliphatic carbocycles. The molecule has 1 aromatic carbocycles. The van der Waals surface area contributed by atoms with Crippen LogP contribution >= 0.6 is 11.6 Å². The van der Waals surface area contributed by atoms with Gasteiger partial charge in [-0.25, -0.2) is 4.98 Å². The fourth-order valence-corrected chi connectivity index (χ4v) is 3.17. The number of hydrogen-bond donors (Lipinski definition) is 2. The molecule has 26 heavy (non-hydrogen) atoms. The fraction of sp³-hybridized carbons (Fsp3) is 0.222. The van der Waals surface area contributed by atoms with E-state index in [1.807, 2.05) is 18.2 Å². The molecular weight excluding hydrogens is 354 g/mol. The average molecular weight is 368 g/mol. The quantitative estimate of drug-likeness (QED) is 0.734. The monoisotopic (exact) mass is 367 g/mol. The Morgan fingerprint density at radius 3 is 2.88 bits per heavy atom. The minimum Gasteiger partial charge on any atom is -0.480 e. The van der Waals surface area contributed by atoms with Crippen LogP contribution in [0.2, 0.25) is 5.02 Å². The molecule has 2 heterocycles. The van der Waals surface area contributed by atoms with Crippen LogP contribution in [0, 0.1) is 11.3 Å². The highest BCUT2D eigenvalue weighted by Gasteiger charge is 2.47. The van der Waals surface area contributed by atoms with E-state index >= 15 is 0 Å². The van der Waals surface area contributed by atoms with Crippen LogP contribution in [0.25, 0.3) is 10.9 Å². The maximum Gasteiger partial charge on any atom is 0.254 e. The highest BCUT2D eigenvalue weighted by molar-refractivity contribution is 6.31. The van der Waals surface area contributed by atoms with Crippen LogP contribution in [0.1, 0.15) is 24.0 Å². The van der Waals surface area contributed by atoms with Crippen LogP contribution in [0.3, 0.4) is 0 Å². The van der Waals surface area contributed by atoms with Gasteiger partial charge in [-0.05, 0) is 37.1 Å². The van der Waals surface area contributed by atoms with Crippen LogP contribution in [0.15, 0.2) is 35.3 Å². The number of nitrogens with one attached hydrogen (secondary N) is 2. The van der Waals surface area contributed by atoms with Crippen molar-refractivity contribution in [2.75, 3.05) is 12.4 Å². The normalized spacial score (nSPS) is 14.7. The summed E-state index contributed by atoms with van der Waals surface area (Å²) in [5.74, 6) is 0.504. The van der Waals surface area contributed by atoms with E-state index in [-0.39, 0.29) is 17.0 Å². The number of aromatic amines is 1. The fourth-order valence-electron chi connectivity index (χ4n) is 2.99. The summed E-state index contributed by atoms with van der Waals surface area (Å²) in [6.07, 6.45) is 2.94. The number of benzene rings is 1. The number of ether oxygens (including phenoxy) is 1. The third-order valence-electron chi connectivity index (χ3n) is 4.49. The van der Waals surface area contributed by atoms with Gasteiger partial charge in [0.25, 0.3) is 5.56 Å². The van der Waals surface area contributed by atoms with Gasteiger partial charge in [-0.3, -0.25) is 4.79 Å². The number of aromatic nitrogens is 3.